The third kappa shape index (κ3) is 3.54. The molecule has 2 heterocycles. The molecule has 0 saturated heterocycles. The lowest BCUT2D eigenvalue weighted by atomic mass is 10.0. The van der Waals surface area contributed by atoms with E-state index in [2.05, 4.69) is 70.0 Å². The number of hydrogen-bond acceptors (Lipinski definition) is 4. The van der Waals surface area contributed by atoms with E-state index in [1.54, 1.807) is 0 Å². The van der Waals surface area contributed by atoms with Gasteiger partial charge in [0, 0.05) is 36.7 Å². The van der Waals surface area contributed by atoms with E-state index in [-0.39, 0.29) is 0 Å². The Bertz CT molecular complexity index is 801. The van der Waals surface area contributed by atoms with E-state index in [1.165, 1.54) is 5.56 Å². The molecule has 1 atom stereocenters. The predicted octanol–water partition coefficient (Wildman–Crippen LogP) is 2.77. The van der Waals surface area contributed by atoms with Crippen molar-refractivity contribution in [3.63, 3.8) is 0 Å². The molecule has 0 spiro atoms. The van der Waals surface area contributed by atoms with Crippen molar-refractivity contribution in [2.75, 3.05) is 14.1 Å². The molecule has 24 heavy (non-hydrogen) atoms. The third-order valence-electron chi connectivity index (χ3n) is 4.34. The molecule has 6 nitrogen and oxygen atoms in total. The zero-order chi connectivity index (χ0) is 17.1. The van der Waals surface area contributed by atoms with Gasteiger partial charge in [0.1, 0.15) is 5.82 Å². The Morgan fingerprint density at radius 3 is 2.75 bits per heavy atom. The molecule has 1 unspecified atom stereocenters. The highest BCUT2D eigenvalue weighted by Crippen LogP contribution is 2.24. The highest BCUT2D eigenvalue weighted by atomic mass is 15.4. The topological polar surface area (TPSA) is 51.8 Å². The van der Waals surface area contributed by atoms with E-state index < -0.39 is 0 Å². The number of aryl methyl sites for hydroxylation is 3. The average Bonchev–Trinajstić information content (AvgIpc) is 3.20. The van der Waals surface area contributed by atoms with Crippen LogP contribution in [0, 0.1) is 6.92 Å². The molecule has 0 radical (unpaired) electrons. The lowest BCUT2D eigenvalue weighted by Gasteiger charge is -2.20. The maximum Gasteiger partial charge on any atom is 0.139 e. The minimum atomic E-state index is 0.367. The fraction of sp³-hybridized carbons (Fsp3) is 0.389. The van der Waals surface area contributed by atoms with Crippen molar-refractivity contribution in [2.24, 2.45) is 0 Å². The Labute approximate surface area is 142 Å². The summed E-state index contributed by atoms with van der Waals surface area (Å²) in [6.45, 7) is 5.74. The van der Waals surface area contributed by atoms with Gasteiger partial charge in [0.05, 0.1) is 12.2 Å². The Kier molecular flexibility index (Phi) is 4.76. The van der Waals surface area contributed by atoms with Gasteiger partial charge in [0.15, 0.2) is 0 Å². The number of benzene rings is 1. The van der Waals surface area contributed by atoms with E-state index in [1.807, 2.05) is 30.2 Å². The van der Waals surface area contributed by atoms with Crippen LogP contribution in [0.3, 0.4) is 0 Å². The number of aromatic nitrogens is 5. The fourth-order valence-electron chi connectivity index (χ4n) is 2.70. The van der Waals surface area contributed by atoms with Gasteiger partial charge in [0.2, 0.25) is 0 Å². The molecule has 0 saturated carbocycles. The minimum absolute atomic E-state index is 0.367. The van der Waals surface area contributed by atoms with Crippen molar-refractivity contribution in [3.8, 4) is 11.4 Å². The second-order valence-electron chi connectivity index (χ2n) is 6.33. The molecule has 0 bridgehead atoms. The van der Waals surface area contributed by atoms with Crippen LogP contribution in [0.2, 0.25) is 0 Å². The Balaban J connectivity index is 1.80. The summed E-state index contributed by atoms with van der Waals surface area (Å²) in [5, 5.41) is 8.13. The quantitative estimate of drug-likeness (QED) is 0.699. The van der Waals surface area contributed by atoms with Crippen LogP contribution in [0.5, 0.6) is 0 Å². The van der Waals surface area contributed by atoms with Gasteiger partial charge in [-0.1, -0.05) is 23.4 Å². The summed E-state index contributed by atoms with van der Waals surface area (Å²) in [4.78, 5) is 6.76. The molecule has 3 aromatic rings. The zero-order valence-electron chi connectivity index (χ0n) is 14.7. The van der Waals surface area contributed by atoms with Gasteiger partial charge in [-0.05, 0) is 39.6 Å². The summed E-state index contributed by atoms with van der Waals surface area (Å²) in [5.74, 6) is 0.986. The van der Waals surface area contributed by atoms with Gasteiger partial charge in [-0.2, -0.15) is 0 Å². The first kappa shape index (κ1) is 16.4. The first-order valence-electron chi connectivity index (χ1n) is 8.19. The molecule has 0 aliphatic carbocycles. The monoisotopic (exact) mass is 324 g/mol. The van der Waals surface area contributed by atoms with Crippen LogP contribution >= 0.6 is 0 Å². The summed E-state index contributed by atoms with van der Waals surface area (Å²) < 4.78 is 4.03. The molecule has 0 aliphatic heterocycles. The summed E-state index contributed by atoms with van der Waals surface area (Å²) in [6, 6.07) is 8.98. The van der Waals surface area contributed by atoms with Gasteiger partial charge >= 0.3 is 0 Å². The van der Waals surface area contributed by atoms with Crippen molar-refractivity contribution < 1.29 is 0 Å². The van der Waals surface area contributed by atoms with Crippen LogP contribution in [0.25, 0.3) is 11.4 Å². The number of nitrogens with zero attached hydrogens (tertiary/aromatic N) is 6. The smallest absolute Gasteiger partial charge is 0.139 e. The molecule has 0 fully saturated rings. The van der Waals surface area contributed by atoms with Crippen LogP contribution < -0.4 is 0 Å². The SMILES string of the molecule is Cc1cn(CCn2ccnc2-c2cccc(C(C)N(C)C)c2)nn1. The Hall–Kier alpha value is -2.47. The molecule has 2 aromatic heterocycles. The van der Waals surface area contributed by atoms with Crippen molar-refractivity contribution in [3.05, 3.63) is 54.1 Å². The first-order valence-corrected chi connectivity index (χ1v) is 8.19. The molecule has 0 aliphatic rings. The van der Waals surface area contributed by atoms with Crippen molar-refractivity contribution in [1.82, 2.24) is 29.4 Å². The van der Waals surface area contributed by atoms with Crippen molar-refractivity contribution in [2.45, 2.75) is 33.0 Å². The van der Waals surface area contributed by atoms with Gasteiger partial charge < -0.3 is 9.47 Å². The summed E-state index contributed by atoms with van der Waals surface area (Å²) >= 11 is 0. The second kappa shape index (κ2) is 6.97. The fourth-order valence-corrected chi connectivity index (χ4v) is 2.70. The van der Waals surface area contributed by atoms with E-state index in [9.17, 15) is 0 Å². The number of hydrogen-bond donors (Lipinski definition) is 0. The lowest BCUT2D eigenvalue weighted by Crippen LogP contribution is -2.16. The average molecular weight is 324 g/mol. The number of rotatable bonds is 6. The summed E-state index contributed by atoms with van der Waals surface area (Å²) in [6.07, 6.45) is 5.82. The maximum atomic E-state index is 4.55. The molecule has 0 amide bonds. The van der Waals surface area contributed by atoms with Gasteiger partial charge in [-0.15, -0.1) is 5.10 Å². The standard InChI is InChI=1S/C18H24N6/c1-14-13-24(21-20-14)11-10-23-9-8-19-18(23)17-7-5-6-16(12-17)15(2)22(3)4/h5-9,12-13,15H,10-11H2,1-4H3. The largest absolute Gasteiger partial charge is 0.329 e. The third-order valence-corrected chi connectivity index (χ3v) is 4.34. The van der Waals surface area contributed by atoms with E-state index >= 15 is 0 Å². The van der Waals surface area contributed by atoms with Gasteiger partial charge in [-0.25, -0.2) is 4.98 Å². The van der Waals surface area contributed by atoms with E-state index in [0.29, 0.717) is 6.04 Å². The summed E-state index contributed by atoms with van der Waals surface area (Å²) in [5.41, 5.74) is 3.37. The normalized spacial score (nSPS) is 12.7. The van der Waals surface area contributed by atoms with E-state index in [4.69, 9.17) is 0 Å². The highest BCUT2D eigenvalue weighted by molar-refractivity contribution is 5.57. The van der Waals surface area contributed by atoms with E-state index in [0.717, 1.165) is 30.2 Å². The van der Waals surface area contributed by atoms with Crippen LogP contribution in [-0.4, -0.2) is 43.5 Å². The van der Waals surface area contributed by atoms with Gasteiger partial charge in [0.25, 0.3) is 0 Å². The molecule has 126 valence electrons. The van der Waals surface area contributed by atoms with Crippen LogP contribution in [-0.2, 0) is 13.1 Å². The highest BCUT2D eigenvalue weighted by Gasteiger charge is 2.11. The lowest BCUT2D eigenvalue weighted by molar-refractivity contribution is 0.321. The van der Waals surface area contributed by atoms with Crippen LogP contribution in [0.15, 0.2) is 42.9 Å². The van der Waals surface area contributed by atoms with Crippen molar-refractivity contribution in [1.29, 1.82) is 0 Å². The summed E-state index contributed by atoms with van der Waals surface area (Å²) in [7, 11) is 4.19. The molecular weight excluding hydrogens is 300 g/mol. The zero-order valence-corrected chi connectivity index (χ0v) is 14.7. The van der Waals surface area contributed by atoms with Gasteiger partial charge in [-0.3, -0.25) is 4.68 Å². The first-order chi connectivity index (χ1) is 11.5. The molecule has 1 aromatic carbocycles. The molecule has 3 rings (SSSR count). The Morgan fingerprint density at radius 1 is 1.21 bits per heavy atom. The number of imidazole rings is 1. The molecule has 6 heteroatoms. The van der Waals surface area contributed by atoms with Crippen molar-refractivity contribution >= 4 is 0 Å². The molecule has 0 N–H and O–H groups in total. The van der Waals surface area contributed by atoms with Crippen LogP contribution in [0.4, 0.5) is 0 Å². The predicted molar refractivity (Wildman–Crippen MR) is 94.5 cm³/mol. The molecular formula is C18H24N6. The maximum absolute atomic E-state index is 4.55. The second-order valence-corrected chi connectivity index (χ2v) is 6.33. The Morgan fingerprint density at radius 2 is 2.04 bits per heavy atom. The minimum Gasteiger partial charge on any atom is -0.329 e. The van der Waals surface area contributed by atoms with Crippen LogP contribution in [0.1, 0.15) is 24.2 Å².